The topological polar surface area (TPSA) is 17.0 Å². The standard InChI is InChI=1S/C51H44N2.2C2H6/c1-5-14-38(31-37(4)46-23-6-8-25-49(46)52-44-21-12-19-41(32-44)39-17-10-15-35(2)29-39)43-27-28-51-48(34-43)47-24-7-9-26-50(47)53(51)45-22-13-20-42(33-45)40-18-11-16-36(3)30-40;2*1-2/h5,7-22,24-34,52H,1,6,23H2,2-4H3;2*1-2H3/b37-31+,38-14+;;. The van der Waals surface area contributed by atoms with Gasteiger partial charge in [0.1, 0.15) is 0 Å². The van der Waals surface area contributed by atoms with Crippen LogP contribution in [0, 0.1) is 13.8 Å². The first-order valence-electron chi connectivity index (χ1n) is 20.5. The summed E-state index contributed by atoms with van der Waals surface area (Å²) in [5, 5.41) is 6.24. The van der Waals surface area contributed by atoms with E-state index in [1.165, 1.54) is 71.9 Å². The molecule has 0 amide bonds. The van der Waals surface area contributed by atoms with E-state index in [9.17, 15) is 0 Å². The molecule has 0 radical (unpaired) electrons. The van der Waals surface area contributed by atoms with Crippen molar-refractivity contribution >= 4 is 33.1 Å². The van der Waals surface area contributed by atoms with Crippen molar-refractivity contribution in [2.24, 2.45) is 0 Å². The molecule has 0 atom stereocenters. The minimum absolute atomic E-state index is 0.980. The highest BCUT2D eigenvalue weighted by molar-refractivity contribution is 6.10. The monoisotopic (exact) mass is 744 g/mol. The van der Waals surface area contributed by atoms with Gasteiger partial charge in [-0.05, 0) is 127 Å². The van der Waals surface area contributed by atoms with E-state index in [0.29, 0.717) is 0 Å². The molecule has 0 bridgehead atoms. The third kappa shape index (κ3) is 9.03. The number of nitrogens with zero attached hydrogens (tertiary/aromatic N) is 1. The molecular weight excluding hydrogens is 689 g/mol. The number of hydrogen-bond donors (Lipinski definition) is 1. The van der Waals surface area contributed by atoms with Crippen LogP contribution in [-0.2, 0) is 0 Å². The average molecular weight is 745 g/mol. The van der Waals surface area contributed by atoms with E-state index in [4.69, 9.17) is 0 Å². The first-order valence-corrected chi connectivity index (χ1v) is 20.5. The Hall–Kier alpha value is -6.38. The maximum absolute atomic E-state index is 4.10. The van der Waals surface area contributed by atoms with Crippen LogP contribution in [0.4, 0.5) is 5.69 Å². The van der Waals surface area contributed by atoms with Gasteiger partial charge in [-0.2, -0.15) is 0 Å². The van der Waals surface area contributed by atoms with Crippen molar-refractivity contribution in [1.29, 1.82) is 0 Å². The summed E-state index contributed by atoms with van der Waals surface area (Å²) in [6.07, 6.45) is 12.9. The smallest absolute Gasteiger partial charge is 0.0541 e. The molecule has 8 rings (SSSR count). The van der Waals surface area contributed by atoms with Crippen LogP contribution in [0.3, 0.4) is 0 Å². The molecular formula is C55H56N2. The summed E-state index contributed by atoms with van der Waals surface area (Å²) >= 11 is 0. The fraction of sp³-hybridized carbons (Fsp3) is 0.164. The number of aromatic nitrogens is 1. The number of allylic oxidation sites excluding steroid dienone is 8. The van der Waals surface area contributed by atoms with Crippen LogP contribution in [0.15, 0.2) is 193 Å². The Balaban J connectivity index is 0.00000133. The zero-order chi connectivity index (χ0) is 40.3. The molecule has 1 aliphatic rings. The Labute approximate surface area is 340 Å². The molecule has 2 heteroatoms. The number of aryl methyl sites for hydroxylation is 2. The molecule has 57 heavy (non-hydrogen) atoms. The van der Waals surface area contributed by atoms with Gasteiger partial charge in [0, 0.05) is 27.8 Å². The highest BCUT2D eigenvalue weighted by Gasteiger charge is 2.16. The third-order valence-corrected chi connectivity index (χ3v) is 10.3. The first-order chi connectivity index (χ1) is 27.9. The summed E-state index contributed by atoms with van der Waals surface area (Å²) in [7, 11) is 0. The molecule has 0 unspecified atom stereocenters. The second kappa shape index (κ2) is 19.0. The van der Waals surface area contributed by atoms with Crippen molar-refractivity contribution in [3.8, 4) is 27.9 Å². The highest BCUT2D eigenvalue weighted by atomic mass is 15.0. The summed E-state index contributed by atoms with van der Waals surface area (Å²) in [4.78, 5) is 0. The van der Waals surface area contributed by atoms with E-state index in [2.05, 4.69) is 201 Å². The number of para-hydroxylation sites is 1. The fourth-order valence-electron chi connectivity index (χ4n) is 7.70. The lowest BCUT2D eigenvalue weighted by Gasteiger charge is -2.20. The maximum atomic E-state index is 4.10. The molecule has 0 saturated carbocycles. The van der Waals surface area contributed by atoms with Crippen molar-refractivity contribution < 1.29 is 0 Å². The summed E-state index contributed by atoms with van der Waals surface area (Å²) in [6.45, 7) is 18.6. The zero-order valence-corrected chi connectivity index (χ0v) is 34.7. The van der Waals surface area contributed by atoms with Gasteiger partial charge in [0.05, 0.1) is 11.0 Å². The molecule has 6 aromatic carbocycles. The van der Waals surface area contributed by atoms with E-state index in [1.807, 2.05) is 33.8 Å². The summed E-state index contributed by atoms with van der Waals surface area (Å²) in [6, 6.07) is 50.6. The lowest BCUT2D eigenvalue weighted by molar-refractivity contribution is 0.949. The summed E-state index contributed by atoms with van der Waals surface area (Å²) < 4.78 is 2.40. The van der Waals surface area contributed by atoms with E-state index >= 15 is 0 Å². The Morgan fingerprint density at radius 1 is 0.632 bits per heavy atom. The van der Waals surface area contributed by atoms with Gasteiger partial charge in [0.15, 0.2) is 0 Å². The van der Waals surface area contributed by atoms with E-state index in [1.54, 1.807) is 0 Å². The van der Waals surface area contributed by atoms with Gasteiger partial charge < -0.3 is 9.88 Å². The molecule has 1 aromatic heterocycles. The molecule has 1 heterocycles. The second-order valence-corrected chi connectivity index (χ2v) is 14.1. The van der Waals surface area contributed by atoms with E-state index < -0.39 is 0 Å². The lowest BCUT2D eigenvalue weighted by atomic mass is 9.92. The largest absolute Gasteiger partial charge is 0.355 e. The normalized spacial score (nSPS) is 12.8. The summed E-state index contributed by atoms with van der Waals surface area (Å²) in [5.74, 6) is 0. The number of rotatable bonds is 9. The molecule has 7 aromatic rings. The van der Waals surface area contributed by atoms with E-state index in [-0.39, 0.29) is 0 Å². The maximum Gasteiger partial charge on any atom is 0.0541 e. The molecule has 1 aliphatic carbocycles. The molecule has 0 aliphatic heterocycles. The SMILES string of the molecule is C=C/C=C(\C=C(/C)C1=C(Nc2cccc(-c3cccc(C)c3)c2)C=CCC1)c1ccc2c(c1)c1ccccc1n2-c1cccc(-c2cccc(C)c2)c1.CC.CC. The minimum Gasteiger partial charge on any atom is -0.355 e. The van der Waals surface area contributed by atoms with Crippen molar-refractivity contribution in [2.45, 2.75) is 61.3 Å². The second-order valence-electron chi connectivity index (χ2n) is 14.1. The zero-order valence-electron chi connectivity index (χ0n) is 34.7. The Morgan fingerprint density at radius 3 is 1.93 bits per heavy atom. The number of fused-ring (bicyclic) bond motifs is 3. The first kappa shape index (κ1) is 40.3. The quantitative estimate of drug-likeness (QED) is 0.146. The van der Waals surface area contributed by atoms with Crippen molar-refractivity contribution in [3.63, 3.8) is 0 Å². The van der Waals surface area contributed by atoms with Gasteiger partial charge in [0.25, 0.3) is 0 Å². The highest BCUT2D eigenvalue weighted by Crippen LogP contribution is 2.36. The van der Waals surface area contributed by atoms with Gasteiger partial charge in [0.2, 0.25) is 0 Å². The fourth-order valence-corrected chi connectivity index (χ4v) is 7.70. The number of hydrogen-bond acceptors (Lipinski definition) is 1. The average Bonchev–Trinajstić information content (AvgIpc) is 3.59. The Kier molecular flexibility index (Phi) is 13.4. The van der Waals surface area contributed by atoms with Gasteiger partial charge in [-0.1, -0.05) is 167 Å². The van der Waals surface area contributed by atoms with Gasteiger partial charge in [-0.3, -0.25) is 0 Å². The van der Waals surface area contributed by atoms with Crippen LogP contribution in [0.25, 0.3) is 55.3 Å². The van der Waals surface area contributed by atoms with Crippen LogP contribution in [0.5, 0.6) is 0 Å². The van der Waals surface area contributed by atoms with Crippen LogP contribution in [0.1, 0.15) is 64.2 Å². The molecule has 0 fully saturated rings. The van der Waals surface area contributed by atoms with Gasteiger partial charge in [-0.15, -0.1) is 0 Å². The van der Waals surface area contributed by atoms with Crippen LogP contribution < -0.4 is 5.32 Å². The molecule has 286 valence electrons. The van der Waals surface area contributed by atoms with Crippen LogP contribution in [0.2, 0.25) is 0 Å². The predicted molar refractivity (Wildman–Crippen MR) is 251 cm³/mol. The van der Waals surface area contributed by atoms with Crippen molar-refractivity contribution in [1.82, 2.24) is 4.57 Å². The van der Waals surface area contributed by atoms with Crippen molar-refractivity contribution in [3.05, 3.63) is 210 Å². The van der Waals surface area contributed by atoms with Gasteiger partial charge in [-0.25, -0.2) is 0 Å². The van der Waals surface area contributed by atoms with E-state index in [0.717, 1.165) is 35.5 Å². The Morgan fingerprint density at radius 2 is 1.25 bits per heavy atom. The molecule has 2 nitrogen and oxygen atoms in total. The minimum atomic E-state index is 0.980. The van der Waals surface area contributed by atoms with Crippen LogP contribution in [-0.4, -0.2) is 4.57 Å². The number of benzene rings is 6. The number of nitrogens with one attached hydrogen (secondary N) is 1. The third-order valence-electron chi connectivity index (χ3n) is 10.3. The number of anilines is 1. The lowest BCUT2D eigenvalue weighted by Crippen LogP contribution is -2.06. The van der Waals surface area contributed by atoms with Gasteiger partial charge >= 0.3 is 0 Å². The Bertz CT molecular complexity index is 2640. The van der Waals surface area contributed by atoms with Crippen molar-refractivity contribution in [2.75, 3.05) is 5.32 Å². The molecule has 1 N–H and O–H groups in total. The molecule has 0 spiro atoms. The molecule has 0 saturated heterocycles. The predicted octanol–water partition coefficient (Wildman–Crippen LogP) is 16.0. The summed E-state index contributed by atoms with van der Waals surface area (Å²) in [5.41, 5.74) is 18.1. The van der Waals surface area contributed by atoms with Crippen LogP contribution >= 0.6 is 0 Å².